The van der Waals surface area contributed by atoms with Crippen LogP contribution in [0.5, 0.6) is 0 Å². The number of benzene rings is 1. The van der Waals surface area contributed by atoms with Gasteiger partial charge in [0.15, 0.2) is 10.9 Å². The molecule has 2 unspecified atom stereocenters. The zero-order valence-corrected chi connectivity index (χ0v) is 19.6. The minimum absolute atomic E-state index is 0. The van der Waals surface area contributed by atoms with Gasteiger partial charge in [0.1, 0.15) is 5.82 Å². The third kappa shape index (κ3) is 6.19. The molecule has 0 amide bonds. The van der Waals surface area contributed by atoms with Crippen molar-refractivity contribution in [3.63, 3.8) is 0 Å². The molecule has 9 heteroatoms. The molecule has 2 aliphatic rings. The number of rotatable bonds is 6. The molecule has 1 aromatic carbocycles. The Balaban J connectivity index is 0.00000171. The van der Waals surface area contributed by atoms with Crippen LogP contribution < -0.4 is 0 Å². The molecular formula is C22H26Cl2FN3O2S. The summed E-state index contributed by atoms with van der Waals surface area (Å²) in [4.78, 5) is 27.0. The number of aromatic amines is 1. The van der Waals surface area contributed by atoms with Crippen LogP contribution in [0.15, 0.2) is 42.2 Å². The SMILES string of the molecule is CC(=O)SC1CCN(C(C(=O)C2CC2)c2ccccc2F)C/C1=C/c1cn[nH]c1.Cl.Cl. The number of aromatic nitrogens is 2. The summed E-state index contributed by atoms with van der Waals surface area (Å²) in [5.41, 5.74) is 2.43. The number of H-pyrrole nitrogens is 1. The number of Topliss-reactive ketones (excluding diaryl/α,β-unsaturated/α-hetero) is 1. The molecule has 1 saturated heterocycles. The Kier molecular flexibility index (Phi) is 9.30. The lowest BCUT2D eigenvalue weighted by Crippen LogP contribution is -2.43. The topological polar surface area (TPSA) is 66.1 Å². The summed E-state index contributed by atoms with van der Waals surface area (Å²) < 4.78 is 14.6. The molecule has 1 saturated carbocycles. The monoisotopic (exact) mass is 485 g/mol. The highest BCUT2D eigenvalue weighted by Crippen LogP contribution is 2.40. The molecule has 5 nitrogen and oxygen atoms in total. The quantitative estimate of drug-likeness (QED) is 0.633. The Morgan fingerprint density at radius 3 is 2.61 bits per heavy atom. The van der Waals surface area contributed by atoms with Crippen LogP contribution in [0.25, 0.3) is 6.08 Å². The van der Waals surface area contributed by atoms with Crippen molar-refractivity contribution < 1.29 is 14.0 Å². The van der Waals surface area contributed by atoms with Gasteiger partial charge in [-0.15, -0.1) is 24.8 Å². The number of hydrogen-bond acceptors (Lipinski definition) is 5. The Hall–Kier alpha value is -1.67. The third-order valence-corrected chi connectivity index (χ3v) is 6.63. The number of piperidine rings is 1. The van der Waals surface area contributed by atoms with Crippen LogP contribution >= 0.6 is 36.6 Å². The van der Waals surface area contributed by atoms with E-state index >= 15 is 0 Å². The highest BCUT2D eigenvalue weighted by Gasteiger charge is 2.41. The van der Waals surface area contributed by atoms with Crippen molar-refractivity contribution >= 4 is 53.6 Å². The minimum Gasteiger partial charge on any atom is -0.297 e. The zero-order chi connectivity index (χ0) is 20.4. The molecule has 1 aliphatic carbocycles. The van der Waals surface area contributed by atoms with E-state index in [4.69, 9.17) is 0 Å². The van der Waals surface area contributed by atoms with Crippen molar-refractivity contribution in [2.75, 3.05) is 13.1 Å². The van der Waals surface area contributed by atoms with Gasteiger partial charge in [-0.1, -0.05) is 36.0 Å². The fourth-order valence-electron chi connectivity index (χ4n) is 3.95. The van der Waals surface area contributed by atoms with Crippen LogP contribution in [0.2, 0.25) is 0 Å². The average molecular weight is 486 g/mol. The van der Waals surface area contributed by atoms with Crippen LogP contribution in [0.3, 0.4) is 0 Å². The summed E-state index contributed by atoms with van der Waals surface area (Å²) in [6.07, 6.45) is 8.06. The molecular weight excluding hydrogens is 460 g/mol. The van der Waals surface area contributed by atoms with Gasteiger partial charge < -0.3 is 0 Å². The van der Waals surface area contributed by atoms with E-state index in [-0.39, 0.29) is 52.7 Å². The fourth-order valence-corrected chi connectivity index (χ4v) is 4.87. The normalized spacial score (nSPS) is 21.1. The number of hydrogen-bond donors (Lipinski definition) is 1. The largest absolute Gasteiger partial charge is 0.297 e. The molecule has 31 heavy (non-hydrogen) atoms. The van der Waals surface area contributed by atoms with Crippen molar-refractivity contribution in [3.8, 4) is 0 Å². The van der Waals surface area contributed by atoms with E-state index in [1.807, 2.05) is 6.08 Å². The second-order valence-corrected chi connectivity index (χ2v) is 9.09. The predicted octanol–water partition coefficient (Wildman–Crippen LogP) is 4.85. The second-order valence-electron chi connectivity index (χ2n) is 7.71. The van der Waals surface area contributed by atoms with Crippen LogP contribution in [-0.4, -0.2) is 44.3 Å². The first-order valence-corrected chi connectivity index (χ1v) is 10.8. The van der Waals surface area contributed by atoms with Gasteiger partial charge in [0.25, 0.3) is 0 Å². The minimum atomic E-state index is -0.584. The molecule has 1 aliphatic heterocycles. The first-order valence-electron chi connectivity index (χ1n) is 9.91. The summed E-state index contributed by atoms with van der Waals surface area (Å²) in [5.74, 6) is -0.201. The Morgan fingerprint density at radius 1 is 1.26 bits per heavy atom. The number of nitrogens with one attached hydrogen (secondary N) is 1. The molecule has 1 aromatic heterocycles. The Labute approximate surface area is 198 Å². The summed E-state index contributed by atoms with van der Waals surface area (Å²) in [5, 5.41) is 6.91. The molecule has 1 N–H and O–H groups in total. The molecule has 0 bridgehead atoms. The molecule has 2 fully saturated rings. The van der Waals surface area contributed by atoms with E-state index < -0.39 is 6.04 Å². The lowest BCUT2D eigenvalue weighted by Gasteiger charge is -2.38. The molecule has 4 rings (SSSR count). The van der Waals surface area contributed by atoms with Crippen molar-refractivity contribution in [1.29, 1.82) is 0 Å². The number of carbonyl (C=O) groups is 2. The van der Waals surface area contributed by atoms with Crippen LogP contribution in [-0.2, 0) is 9.59 Å². The van der Waals surface area contributed by atoms with E-state index in [0.717, 1.165) is 30.4 Å². The molecule has 2 atom stereocenters. The molecule has 168 valence electrons. The van der Waals surface area contributed by atoms with Crippen LogP contribution in [0.1, 0.15) is 43.4 Å². The van der Waals surface area contributed by atoms with Gasteiger partial charge in [-0.2, -0.15) is 5.10 Å². The van der Waals surface area contributed by atoms with E-state index in [2.05, 4.69) is 15.1 Å². The van der Waals surface area contributed by atoms with Gasteiger partial charge in [-0.3, -0.25) is 19.6 Å². The molecule has 2 aromatic rings. The van der Waals surface area contributed by atoms with Gasteiger partial charge in [0.2, 0.25) is 0 Å². The van der Waals surface area contributed by atoms with Crippen molar-refractivity contribution in [1.82, 2.24) is 15.1 Å². The average Bonchev–Trinajstić information content (AvgIpc) is 3.42. The number of halogens is 3. The van der Waals surface area contributed by atoms with Gasteiger partial charge >= 0.3 is 0 Å². The maximum atomic E-state index is 14.6. The highest BCUT2D eigenvalue weighted by molar-refractivity contribution is 8.14. The van der Waals surface area contributed by atoms with E-state index in [9.17, 15) is 14.0 Å². The predicted molar refractivity (Wildman–Crippen MR) is 126 cm³/mol. The lowest BCUT2D eigenvalue weighted by atomic mass is 9.93. The lowest BCUT2D eigenvalue weighted by molar-refractivity contribution is -0.126. The van der Waals surface area contributed by atoms with E-state index in [1.165, 1.54) is 17.8 Å². The maximum Gasteiger partial charge on any atom is 0.186 e. The first kappa shape index (κ1) is 25.6. The van der Waals surface area contributed by atoms with Gasteiger partial charge in [0, 0.05) is 48.5 Å². The third-order valence-electron chi connectivity index (χ3n) is 5.47. The van der Waals surface area contributed by atoms with E-state index in [1.54, 1.807) is 37.5 Å². The number of ketones is 1. The molecule has 2 heterocycles. The second kappa shape index (κ2) is 11.3. The summed E-state index contributed by atoms with van der Waals surface area (Å²) in [6.45, 7) is 2.74. The van der Waals surface area contributed by atoms with E-state index in [0.29, 0.717) is 18.7 Å². The number of nitrogens with zero attached hydrogens (tertiary/aromatic N) is 2. The smallest absolute Gasteiger partial charge is 0.186 e. The Morgan fingerprint density at radius 2 is 2.00 bits per heavy atom. The summed E-state index contributed by atoms with van der Waals surface area (Å²) >= 11 is 1.32. The molecule has 0 spiro atoms. The number of carbonyl (C=O) groups excluding carboxylic acids is 2. The number of likely N-dealkylation sites (tertiary alicyclic amines) is 1. The van der Waals surface area contributed by atoms with Gasteiger partial charge in [-0.25, -0.2) is 4.39 Å². The standard InChI is InChI=1S/C22H24FN3O2S.2ClH/c1-14(27)29-20-8-9-26(13-17(20)10-15-11-24-25-12-15)21(22(28)16-6-7-16)18-4-2-3-5-19(18)23;;/h2-5,10-12,16,20-21H,6-9,13H2,1H3,(H,24,25);2*1H/b17-10-;;. The first-order chi connectivity index (χ1) is 14.0. The van der Waals surface area contributed by atoms with Crippen LogP contribution in [0, 0.1) is 11.7 Å². The maximum absolute atomic E-state index is 14.6. The highest BCUT2D eigenvalue weighted by atomic mass is 35.5. The van der Waals surface area contributed by atoms with Crippen molar-refractivity contribution in [2.24, 2.45) is 5.92 Å². The summed E-state index contributed by atoms with van der Waals surface area (Å²) in [6, 6.07) is 5.99. The van der Waals surface area contributed by atoms with Crippen molar-refractivity contribution in [2.45, 2.75) is 37.5 Å². The fraction of sp³-hybridized carbons (Fsp3) is 0.409. The van der Waals surface area contributed by atoms with Gasteiger partial charge in [-0.05, 0) is 30.9 Å². The zero-order valence-electron chi connectivity index (χ0n) is 17.1. The summed E-state index contributed by atoms with van der Waals surface area (Å²) in [7, 11) is 0. The van der Waals surface area contributed by atoms with Gasteiger partial charge in [0.05, 0.1) is 12.2 Å². The van der Waals surface area contributed by atoms with Crippen LogP contribution in [0.4, 0.5) is 4.39 Å². The Bertz CT molecular complexity index is 935. The van der Waals surface area contributed by atoms with Crippen molar-refractivity contribution in [3.05, 3.63) is 59.2 Å². The number of thioether (sulfide) groups is 1. The molecule has 0 radical (unpaired) electrons.